The van der Waals surface area contributed by atoms with Crippen molar-refractivity contribution >= 4 is 74.4 Å². The lowest BCUT2D eigenvalue weighted by Gasteiger charge is -2.30. The highest BCUT2D eigenvalue weighted by molar-refractivity contribution is 8.00. The Morgan fingerprint density at radius 2 is 1.58 bits per heavy atom. The number of rotatable bonds is 9. The highest BCUT2D eigenvalue weighted by Gasteiger charge is 2.34. The van der Waals surface area contributed by atoms with Gasteiger partial charge >= 0.3 is 18.0 Å². The minimum Gasteiger partial charge on any atom is -0.478 e. The lowest BCUT2D eigenvalue weighted by Crippen LogP contribution is -2.39. The molecule has 5 aromatic rings. The lowest BCUT2D eigenvalue weighted by molar-refractivity contribution is -0.115. The molecule has 3 N–H and O–H groups in total. The van der Waals surface area contributed by atoms with Gasteiger partial charge in [-0.3, -0.25) is 9.59 Å². The smallest absolute Gasteiger partial charge is 0.410 e. The molecule has 0 bridgehead atoms. The molecule has 4 aromatic carbocycles. The molecule has 0 aliphatic carbocycles. The van der Waals surface area contributed by atoms with E-state index in [1.807, 2.05) is 36.4 Å². The third-order valence-corrected chi connectivity index (χ3v) is 10.8. The van der Waals surface area contributed by atoms with Crippen molar-refractivity contribution in [2.45, 2.75) is 49.5 Å². The number of thioether (sulfide) groups is 1. The summed E-state index contributed by atoms with van der Waals surface area (Å²) in [5, 5.41) is 16.2. The number of ether oxygens (including phenoxy) is 2. The molecule has 1 unspecified atom stereocenters. The van der Waals surface area contributed by atoms with E-state index in [1.54, 1.807) is 74.2 Å². The molecule has 272 valence electrons. The Bertz CT molecular complexity index is 2220. The zero-order valence-electron chi connectivity index (χ0n) is 29.4. The Balaban J connectivity index is 1.26. The van der Waals surface area contributed by atoms with Gasteiger partial charge in [0.15, 0.2) is 0 Å². The number of aromatic carboxylic acids is 1. The van der Waals surface area contributed by atoms with Gasteiger partial charge < -0.3 is 30.1 Å². The quantitative estimate of drug-likeness (QED) is 0.0996. The largest absolute Gasteiger partial charge is 0.478 e. The van der Waals surface area contributed by atoms with Crippen molar-refractivity contribution in [3.63, 3.8) is 0 Å². The highest BCUT2D eigenvalue weighted by atomic mass is 32.2. The van der Waals surface area contributed by atoms with Crippen molar-refractivity contribution in [2.75, 3.05) is 24.3 Å². The average molecular weight is 752 g/mol. The maximum Gasteiger partial charge on any atom is 0.410 e. The molecule has 0 saturated heterocycles. The Morgan fingerprint density at radius 3 is 2.26 bits per heavy atom. The van der Waals surface area contributed by atoms with Crippen molar-refractivity contribution in [3.05, 3.63) is 124 Å². The lowest BCUT2D eigenvalue weighted by atomic mass is 9.98. The van der Waals surface area contributed by atoms with Gasteiger partial charge in [0.1, 0.15) is 15.9 Å². The predicted molar refractivity (Wildman–Crippen MR) is 205 cm³/mol. The summed E-state index contributed by atoms with van der Waals surface area (Å²) < 4.78 is 10.7. The molecule has 11 nitrogen and oxygen atoms in total. The summed E-state index contributed by atoms with van der Waals surface area (Å²) in [7, 11) is 1.29. The minimum absolute atomic E-state index is 0.0246. The summed E-state index contributed by atoms with van der Waals surface area (Å²) in [5.74, 6) is -2.59. The SMILES string of the molecule is COC(=O)c1c(NC(=O)C(Sc2cccc(NC(=O)c3cccc4cccc(C(=O)O)c34)c2)c2ccccc2)sc2c1CCN(C(=O)OC(C)(C)C)C2. The van der Waals surface area contributed by atoms with E-state index in [4.69, 9.17) is 9.47 Å². The fraction of sp³-hybridized carbons (Fsp3) is 0.225. The zero-order valence-corrected chi connectivity index (χ0v) is 31.1. The number of hydrogen-bond donors (Lipinski definition) is 3. The van der Waals surface area contributed by atoms with Crippen LogP contribution in [0.25, 0.3) is 10.8 Å². The van der Waals surface area contributed by atoms with Gasteiger partial charge in [0, 0.05) is 33.0 Å². The van der Waals surface area contributed by atoms with Gasteiger partial charge in [-0.05, 0) is 74.0 Å². The van der Waals surface area contributed by atoms with Crippen LogP contribution in [0.15, 0.2) is 95.9 Å². The number of nitrogens with one attached hydrogen (secondary N) is 2. The summed E-state index contributed by atoms with van der Waals surface area (Å²) in [6.07, 6.45) is -0.0696. The van der Waals surface area contributed by atoms with Crippen LogP contribution in [-0.4, -0.2) is 59.1 Å². The fourth-order valence-electron chi connectivity index (χ4n) is 6.06. The molecular formula is C40H37N3O8S2. The third-order valence-electron chi connectivity index (χ3n) is 8.40. The number of carboxylic acids is 1. The molecule has 2 heterocycles. The van der Waals surface area contributed by atoms with Gasteiger partial charge in [-0.2, -0.15) is 0 Å². The predicted octanol–water partition coefficient (Wildman–Crippen LogP) is 8.40. The Hall–Kier alpha value is -5.66. The van der Waals surface area contributed by atoms with Crippen LogP contribution in [-0.2, 0) is 27.2 Å². The molecule has 1 aliphatic heterocycles. The molecule has 0 spiro atoms. The third kappa shape index (κ3) is 8.37. The van der Waals surface area contributed by atoms with Crippen molar-refractivity contribution in [1.82, 2.24) is 4.90 Å². The molecule has 0 fully saturated rings. The van der Waals surface area contributed by atoms with E-state index < -0.39 is 34.8 Å². The second kappa shape index (κ2) is 15.5. The maximum atomic E-state index is 14.2. The van der Waals surface area contributed by atoms with E-state index in [2.05, 4.69) is 10.6 Å². The highest BCUT2D eigenvalue weighted by Crippen LogP contribution is 2.41. The topological polar surface area (TPSA) is 151 Å². The van der Waals surface area contributed by atoms with Crippen LogP contribution in [0.5, 0.6) is 0 Å². The molecule has 0 saturated carbocycles. The number of carbonyl (C=O) groups is 5. The number of carbonyl (C=O) groups excluding carboxylic acids is 4. The average Bonchev–Trinajstić information content (AvgIpc) is 3.49. The van der Waals surface area contributed by atoms with Gasteiger partial charge in [0.2, 0.25) is 5.91 Å². The first-order valence-corrected chi connectivity index (χ1v) is 18.4. The number of thiophene rings is 1. The summed E-state index contributed by atoms with van der Waals surface area (Å²) >= 11 is 2.48. The molecular weight excluding hydrogens is 715 g/mol. The van der Waals surface area contributed by atoms with E-state index in [-0.39, 0.29) is 29.1 Å². The first-order valence-electron chi connectivity index (χ1n) is 16.7. The number of nitrogens with zero attached hydrogens (tertiary/aromatic N) is 1. The van der Waals surface area contributed by atoms with Crippen LogP contribution in [0.4, 0.5) is 15.5 Å². The van der Waals surface area contributed by atoms with Crippen molar-refractivity contribution < 1.29 is 38.6 Å². The van der Waals surface area contributed by atoms with Crippen LogP contribution >= 0.6 is 23.1 Å². The van der Waals surface area contributed by atoms with Crippen molar-refractivity contribution in [1.29, 1.82) is 0 Å². The van der Waals surface area contributed by atoms with E-state index >= 15 is 0 Å². The number of carboxylic acid groups (broad SMARTS) is 1. The zero-order chi connectivity index (χ0) is 37.9. The number of methoxy groups -OCH3 is 1. The minimum atomic E-state index is -1.14. The fourth-order valence-corrected chi connectivity index (χ4v) is 8.40. The van der Waals surface area contributed by atoms with Gasteiger partial charge in [0.25, 0.3) is 5.91 Å². The number of amides is 3. The van der Waals surface area contributed by atoms with E-state index in [0.29, 0.717) is 44.9 Å². The summed E-state index contributed by atoms with van der Waals surface area (Å²) in [5.41, 5.74) is 1.73. The summed E-state index contributed by atoms with van der Waals surface area (Å²) in [4.78, 5) is 68.7. The molecule has 6 rings (SSSR count). The van der Waals surface area contributed by atoms with E-state index in [0.717, 1.165) is 10.4 Å². The monoisotopic (exact) mass is 751 g/mol. The van der Waals surface area contributed by atoms with Gasteiger partial charge in [-0.15, -0.1) is 23.1 Å². The Labute approximate surface area is 314 Å². The number of hydrogen-bond acceptors (Lipinski definition) is 9. The Kier molecular flexibility index (Phi) is 10.9. The van der Waals surface area contributed by atoms with Crippen LogP contribution in [0.3, 0.4) is 0 Å². The Morgan fingerprint density at radius 1 is 0.887 bits per heavy atom. The normalized spacial score (nSPS) is 13.1. The molecule has 1 atom stereocenters. The maximum absolute atomic E-state index is 14.2. The summed E-state index contributed by atoms with van der Waals surface area (Å²) in [6.45, 7) is 5.96. The second-order valence-corrected chi connectivity index (χ2v) is 15.5. The first kappa shape index (κ1) is 37.1. The van der Waals surface area contributed by atoms with Crippen molar-refractivity contribution in [3.8, 4) is 0 Å². The number of benzene rings is 4. The van der Waals surface area contributed by atoms with Crippen LogP contribution in [0.2, 0.25) is 0 Å². The number of esters is 1. The van der Waals surface area contributed by atoms with Crippen LogP contribution < -0.4 is 10.6 Å². The van der Waals surface area contributed by atoms with E-state index in [1.165, 1.54) is 36.3 Å². The molecule has 3 amide bonds. The number of fused-ring (bicyclic) bond motifs is 2. The standard InChI is InChI=1S/C40H37N3O8S2/c1-40(2,3)51-39(49)43-20-19-27-30(22-43)53-36(32(27)38(48)50-4)42-35(45)33(24-11-6-5-7-12-24)52-26-16-10-15-25(21-26)41-34(44)28-17-8-13-23-14-9-18-29(31(23)28)37(46)47/h5-18,21,33H,19-20,22H2,1-4H3,(H,41,44)(H,42,45)(H,46,47). The molecule has 1 aliphatic rings. The molecule has 53 heavy (non-hydrogen) atoms. The van der Waals surface area contributed by atoms with Crippen molar-refractivity contribution in [2.24, 2.45) is 0 Å². The molecule has 0 radical (unpaired) electrons. The van der Waals surface area contributed by atoms with Crippen LogP contribution in [0, 0.1) is 0 Å². The first-order chi connectivity index (χ1) is 25.3. The molecule has 1 aromatic heterocycles. The van der Waals surface area contributed by atoms with Crippen LogP contribution in [0.1, 0.15) is 73.1 Å². The van der Waals surface area contributed by atoms with E-state index in [9.17, 15) is 29.1 Å². The van der Waals surface area contributed by atoms with Gasteiger partial charge in [-0.25, -0.2) is 14.4 Å². The summed E-state index contributed by atoms with van der Waals surface area (Å²) in [6, 6.07) is 26.1. The number of anilines is 2. The molecule has 13 heteroatoms. The van der Waals surface area contributed by atoms with Gasteiger partial charge in [-0.1, -0.05) is 60.7 Å². The second-order valence-electron chi connectivity index (χ2n) is 13.2. The van der Waals surface area contributed by atoms with Gasteiger partial charge in [0.05, 0.1) is 24.8 Å².